The van der Waals surface area contributed by atoms with Gasteiger partial charge >= 0.3 is 0 Å². The SMILES string of the molecule is CCC(=O)c1cc(Cl)c2c(c1)C(C)(C)NC2=O. The van der Waals surface area contributed by atoms with Crippen LogP contribution in [-0.2, 0) is 5.54 Å². The van der Waals surface area contributed by atoms with Crippen molar-refractivity contribution >= 4 is 23.3 Å². The number of carbonyl (C=O) groups excluding carboxylic acids is 2. The summed E-state index contributed by atoms with van der Waals surface area (Å²) in [5, 5.41) is 3.20. The number of amides is 1. The number of Topliss-reactive ketones (excluding diaryl/α,β-unsaturated/α-hetero) is 1. The molecule has 0 bridgehead atoms. The molecule has 4 heteroatoms. The number of fused-ring (bicyclic) bond motifs is 1. The lowest BCUT2D eigenvalue weighted by Gasteiger charge is -2.19. The molecular weight excluding hydrogens is 238 g/mol. The predicted octanol–water partition coefficient (Wildman–Crippen LogP) is 2.91. The molecule has 0 saturated heterocycles. The molecule has 0 aromatic heterocycles. The fourth-order valence-corrected chi connectivity index (χ4v) is 2.41. The molecule has 0 saturated carbocycles. The van der Waals surface area contributed by atoms with Crippen molar-refractivity contribution in [3.8, 4) is 0 Å². The van der Waals surface area contributed by atoms with Gasteiger partial charge < -0.3 is 5.32 Å². The lowest BCUT2D eigenvalue weighted by molar-refractivity contribution is 0.0939. The molecule has 1 aliphatic heterocycles. The van der Waals surface area contributed by atoms with E-state index in [2.05, 4.69) is 5.32 Å². The highest BCUT2D eigenvalue weighted by molar-refractivity contribution is 6.34. The van der Waals surface area contributed by atoms with Gasteiger partial charge in [0.1, 0.15) is 0 Å². The molecule has 0 unspecified atom stereocenters. The van der Waals surface area contributed by atoms with Gasteiger partial charge in [0.2, 0.25) is 0 Å². The summed E-state index contributed by atoms with van der Waals surface area (Å²) in [6, 6.07) is 3.35. The van der Waals surface area contributed by atoms with E-state index in [1.807, 2.05) is 13.8 Å². The van der Waals surface area contributed by atoms with Crippen molar-refractivity contribution in [2.24, 2.45) is 0 Å². The normalized spacial score (nSPS) is 16.6. The maximum atomic E-state index is 11.8. The largest absolute Gasteiger partial charge is 0.343 e. The van der Waals surface area contributed by atoms with Crippen molar-refractivity contribution in [2.45, 2.75) is 32.7 Å². The Hall–Kier alpha value is -1.35. The highest BCUT2D eigenvalue weighted by Crippen LogP contribution is 2.35. The number of halogens is 1. The molecule has 0 spiro atoms. The van der Waals surface area contributed by atoms with Crippen LogP contribution in [0.1, 0.15) is 53.5 Å². The van der Waals surface area contributed by atoms with Gasteiger partial charge in [0.25, 0.3) is 5.91 Å². The summed E-state index contributed by atoms with van der Waals surface area (Å²) in [7, 11) is 0. The summed E-state index contributed by atoms with van der Waals surface area (Å²) in [6.07, 6.45) is 0.427. The number of carbonyl (C=O) groups is 2. The minimum absolute atomic E-state index is 0.0323. The zero-order valence-corrected chi connectivity index (χ0v) is 10.8. The van der Waals surface area contributed by atoms with E-state index in [0.717, 1.165) is 5.56 Å². The van der Waals surface area contributed by atoms with Gasteiger partial charge in [-0.15, -0.1) is 0 Å². The highest BCUT2D eigenvalue weighted by atomic mass is 35.5. The summed E-state index contributed by atoms with van der Waals surface area (Å²) in [5.41, 5.74) is 1.39. The molecular formula is C13H14ClNO2. The summed E-state index contributed by atoms with van der Waals surface area (Å²) in [5.74, 6) is -0.143. The number of hydrogen-bond acceptors (Lipinski definition) is 2. The van der Waals surface area contributed by atoms with Gasteiger partial charge in [-0.05, 0) is 31.5 Å². The molecule has 3 nitrogen and oxygen atoms in total. The van der Waals surface area contributed by atoms with Crippen molar-refractivity contribution < 1.29 is 9.59 Å². The smallest absolute Gasteiger partial charge is 0.253 e. The third-order valence-corrected chi connectivity index (χ3v) is 3.36. The van der Waals surface area contributed by atoms with E-state index < -0.39 is 5.54 Å². The molecule has 1 amide bonds. The molecule has 17 heavy (non-hydrogen) atoms. The van der Waals surface area contributed by atoms with Crippen LogP contribution in [0.3, 0.4) is 0 Å². The minimum atomic E-state index is -0.472. The molecule has 0 aliphatic carbocycles. The Bertz CT molecular complexity index is 520. The summed E-state index contributed by atoms with van der Waals surface area (Å²) < 4.78 is 0. The van der Waals surface area contributed by atoms with E-state index in [-0.39, 0.29) is 11.7 Å². The van der Waals surface area contributed by atoms with E-state index in [1.165, 1.54) is 0 Å². The van der Waals surface area contributed by atoms with Gasteiger partial charge in [-0.1, -0.05) is 18.5 Å². The molecule has 1 heterocycles. The fourth-order valence-electron chi connectivity index (χ4n) is 2.11. The number of hydrogen-bond donors (Lipinski definition) is 1. The molecule has 1 aromatic carbocycles. The topological polar surface area (TPSA) is 46.2 Å². The van der Waals surface area contributed by atoms with Crippen molar-refractivity contribution in [3.05, 3.63) is 33.8 Å². The molecule has 1 aromatic rings. The summed E-state index contributed by atoms with van der Waals surface area (Å²) in [6.45, 7) is 5.60. The van der Waals surface area contributed by atoms with Gasteiger partial charge in [-0.3, -0.25) is 9.59 Å². The van der Waals surface area contributed by atoms with Crippen LogP contribution in [0.25, 0.3) is 0 Å². The van der Waals surface area contributed by atoms with Crippen molar-refractivity contribution in [2.75, 3.05) is 0 Å². The lowest BCUT2D eigenvalue weighted by Crippen LogP contribution is -2.32. The number of benzene rings is 1. The van der Waals surface area contributed by atoms with Crippen LogP contribution < -0.4 is 5.32 Å². The molecule has 1 aliphatic rings. The minimum Gasteiger partial charge on any atom is -0.343 e. The lowest BCUT2D eigenvalue weighted by atomic mass is 9.91. The van der Waals surface area contributed by atoms with Crippen LogP contribution in [-0.4, -0.2) is 11.7 Å². The Labute approximate surface area is 105 Å². The Kier molecular flexibility index (Phi) is 2.74. The highest BCUT2D eigenvalue weighted by Gasteiger charge is 2.37. The van der Waals surface area contributed by atoms with Gasteiger partial charge in [-0.25, -0.2) is 0 Å². The third kappa shape index (κ3) is 1.84. The summed E-state index contributed by atoms with van der Waals surface area (Å²) >= 11 is 6.08. The van der Waals surface area contributed by atoms with Crippen LogP contribution in [0, 0.1) is 0 Å². The first kappa shape index (κ1) is 12.1. The van der Waals surface area contributed by atoms with Gasteiger partial charge in [0.15, 0.2) is 5.78 Å². The molecule has 2 rings (SSSR count). The molecule has 0 atom stereocenters. The van der Waals surface area contributed by atoms with Crippen LogP contribution in [0.15, 0.2) is 12.1 Å². The van der Waals surface area contributed by atoms with Crippen molar-refractivity contribution in [1.29, 1.82) is 0 Å². The quantitative estimate of drug-likeness (QED) is 0.822. The molecule has 1 N–H and O–H groups in total. The van der Waals surface area contributed by atoms with E-state index >= 15 is 0 Å². The van der Waals surface area contributed by atoms with Gasteiger partial charge in [-0.2, -0.15) is 0 Å². The van der Waals surface area contributed by atoms with Crippen LogP contribution in [0.4, 0.5) is 0 Å². The van der Waals surface area contributed by atoms with E-state index in [9.17, 15) is 9.59 Å². The Morgan fingerprint density at radius 1 is 1.41 bits per heavy atom. The van der Waals surface area contributed by atoms with Crippen molar-refractivity contribution in [3.63, 3.8) is 0 Å². The Balaban J connectivity index is 2.65. The molecule has 0 radical (unpaired) electrons. The number of ketones is 1. The molecule has 0 fully saturated rings. The Morgan fingerprint density at radius 2 is 2.06 bits per heavy atom. The van der Waals surface area contributed by atoms with Crippen molar-refractivity contribution in [1.82, 2.24) is 5.32 Å². The monoisotopic (exact) mass is 251 g/mol. The summed E-state index contributed by atoms with van der Waals surface area (Å²) in [4.78, 5) is 23.5. The predicted molar refractivity (Wildman–Crippen MR) is 66.6 cm³/mol. The first-order chi connectivity index (χ1) is 7.86. The van der Waals surface area contributed by atoms with E-state index in [4.69, 9.17) is 11.6 Å². The third-order valence-electron chi connectivity index (χ3n) is 3.06. The second-order valence-electron chi connectivity index (χ2n) is 4.74. The average molecular weight is 252 g/mol. The maximum Gasteiger partial charge on any atom is 0.253 e. The maximum absolute atomic E-state index is 11.8. The zero-order chi connectivity index (χ0) is 12.8. The van der Waals surface area contributed by atoms with E-state index in [1.54, 1.807) is 19.1 Å². The average Bonchev–Trinajstić information content (AvgIpc) is 2.48. The second-order valence-corrected chi connectivity index (χ2v) is 5.14. The van der Waals surface area contributed by atoms with Crippen LogP contribution in [0.2, 0.25) is 5.02 Å². The first-order valence-electron chi connectivity index (χ1n) is 5.56. The first-order valence-corrected chi connectivity index (χ1v) is 5.94. The van der Waals surface area contributed by atoms with Crippen LogP contribution >= 0.6 is 11.6 Å². The Morgan fingerprint density at radius 3 is 2.65 bits per heavy atom. The van der Waals surface area contributed by atoms with Gasteiger partial charge in [0, 0.05) is 12.0 Å². The second kappa shape index (κ2) is 3.84. The van der Waals surface area contributed by atoms with Crippen LogP contribution in [0.5, 0.6) is 0 Å². The standard InChI is InChI=1S/C13H14ClNO2/c1-4-10(16)7-5-8-11(9(14)6-7)12(17)15-13(8,2)3/h5-6H,4H2,1-3H3,(H,15,17). The number of rotatable bonds is 2. The molecule has 90 valence electrons. The van der Waals surface area contributed by atoms with Gasteiger partial charge in [0.05, 0.1) is 16.1 Å². The van der Waals surface area contributed by atoms with E-state index in [0.29, 0.717) is 22.6 Å². The number of nitrogens with one attached hydrogen (secondary N) is 1. The zero-order valence-electron chi connectivity index (χ0n) is 10.1. The fraction of sp³-hybridized carbons (Fsp3) is 0.385.